The van der Waals surface area contributed by atoms with Crippen molar-refractivity contribution in [2.45, 2.75) is 18.9 Å². The number of benzene rings is 2. The molecule has 28 heavy (non-hydrogen) atoms. The highest BCUT2D eigenvalue weighted by Crippen LogP contribution is 2.33. The molecule has 0 radical (unpaired) electrons. The summed E-state index contributed by atoms with van der Waals surface area (Å²) in [6.45, 7) is 1.46. The van der Waals surface area contributed by atoms with Crippen LogP contribution in [-0.2, 0) is 21.5 Å². The highest BCUT2D eigenvalue weighted by molar-refractivity contribution is 6.32. The van der Waals surface area contributed by atoms with Gasteiger partial charge in [-0.3, -0.25) is 14.5 Å². The molecule has 1 atom stereocenters. The van der Waals surface area contributed by atoms with Crippen molar-refractivity contribution >= 4 is 29.4 Å². The predicted molar refractivity (Wildman–Crippen MR) is 102 cm³/mol. The van der Waals surface area contributed by atoms with Crippen LogP contribution < -0.4 is 10.6 Å². The van der Waals surface area contributed by atoms with E-state index in [1.54, 1.807) is 43.3 Å². The Hall–Kier alpha value is -2.93. The molecule has 4 amide bonds. The number of halogens is 2. The van der Waals surface area contributed by atoms with Crippen LogP contribution in [0.5, 0.6) is 0 Å². The van der Waals surface area contributed by atoms with Crippen molar-refractivity contribution in [1.82, 2.24) is 15.5 Å². The molecule has 0 aliphatic carbocycles. The molecule has 146 valence electrons. The monoisotopic (exact) mass is 403 g/mol. The zero-order valence-electron chi connectivity index (χ0n) is 15.2. The van der Waals surface area contributed by atoms with Gasteiger partial charge in [-0.2, -0.15) is 0 Å². The maximum atomic E-state index is 12.9. The van der Waals surface area contributed by atoms with Gasteiger partial charge in [0, 0.05) is 17.1 Å². The van der Waals surface area contributed by atoms with Gasteiger partial charge in [0.05, 0.1) is 0 Å². The van der Waals surface area contributed by atoms with E-state index in [9.17, 15) is 18.8 Å². The first kappa shape index (κ1) is 19.8. The Balaban J connectivity index is 1.60. The average Bonchev–Trinajstić information content (AvgIpc) is 2.87. The molecule has 0 aromatic heterocycles. The summed E-state index contributed by atoms with van der Waals surface area (Å²) in [4.78, 5) is 38.2. The molecule has 1 saturated heterocycles. The summed E-state index contributed by atoms with van der Waals surface area (Å²) in [5.41, 5.74) is 0.00121. The van der Waals surface area contributed by atoms with Gasteiger partial charge in [-0.1, -0.05) is 41.9 Å². The molecule has 0 bridgehead atoms. The van der Waals surface area contributed by atoms with Gasteiger partial charge in [0.1, 0.15) is 17.9 Å². The fourth-order valence-electron chi connectivity index (χ4n) is 3.09. The fourth-order valence-corrected chi connectivity index (χ4v) is 3.41. The highest BCUT2D eigenvalue weighted by atomic mass is 35.5. The van der Waals surface area contributed by atoms with Crippen LogP contribution in [0, 0.1) is 5.82 Å². The summed E-state index contributed by atoms with van der Waals surface area (Å²) in [6.07, 6.45) is 0.503. The quantitative estimate of drug-likeness (QED) is 0.728. The van der Waals surface area contributed by atoms with E-state index < -0.39 is 29.9 Å². The summed E-state index contributed by atoms with van der Waals surface area (Å²) >= 11 is 6.17. The van der Waals surface area contributed by atoms with Crippen molar-refractivity contribution in [3.63, 3.8) is 0 Å². The fraction of sp³-hybridized carbons (Fsp3) is 0.250. The molecule has 2 aromatic rings. The number of nitrogens with zero attached hydrogens (tertiary/aromatic N) is 1. The van der Waals surface area contributed by atoms with Crippen LogP contribution in [-0.4, -0.2) is 35.8 Å². The van der Waals surface area contributed by atoms with E-state index in [4.69, 9.17) is 11.6 Å². The zero-order valence-corrected chi connectivity index (χ0v) is 15.9. The molecule has 0 spiro atoms. The SMILES string of the molecule is C[C@]1(c2ccccc2Cl)NC(=O)N(CC(=O)NCCc2ccc(F)cc2)C1=O. The molecule has 0 saturated carbocycles. The zero-order chi connectivity index (χ0) is 20.3. The second-order valence-corrected chi connectivity index (χ2v) is 7.06. The third-order valence-electron chi connectivity index (χ3n) is 4.64. The Bertz CT molecular complexity index is 919. The molecule has 1 fully saturated rings. The molecule has 2 aromatic carbocycles. The minimum Gasteiger partial charge on any atom is -0.354 e. The van der Waals surface area contributed by atoms with Crippen LogP contribution in [0.4, 0.5) is 9.18 Å². The first-order valence-electron chi connectivity index (χ1n) is 8.71. The number of nitrogens with one attached hydrogen (secondary N) is 2. The molecule has 2 N–H and O–H groups in total. The lowest BCUT2D eigenvalue weighted by atomic mass is 9.92. The van der Waals surface area contributed by atoms with Gasteiger partial charge in [0.15, 0.2) is 0 Å². The van der Waals surface area contributed by atoms with Crippen molar-refractivity contribution in [3.8, 4) is 0 Å². The van der Waals surface area contributed by atoms with E-state index in [0.717, 1.165) is 10.5 Å². The first-order chi connectivity index (χ1) is 13.3. The Morgan fingerprint density at radius 2 is 1.86 bits per heavy atom. The van der Waals surface area contributed by atoms with Gasteiger partial charge < -0.3 is 10.6 Å². The van der Waals surface area contributed by atoms with E-state index in [1.807, 2.05) is 0 Å². The van der Waals surface area contributed by atoms with E-state index in [2.05, 4.69) is 10.6 Å². The van der Waals surface area contributed by atoms with E-state index in [0.29, 0.717) is 23.6 Å². The molecular formula is C20H19ClFN3O3. The van der Waals surface area contributed by atoms with Gasteiger partial charge in [0.25, 0.3) is 5.91 Å². The van der Waals surface area contributed by atoms with Crippen LogP contribution in [0.15, 0.2) is 48.5 Å². The van der Waals surface area contributed by atoms with Gasteiger partial charge >= 0.3 is 6.03 Å². The number of imide groups is 1. The van der Waals surface area contributed by atoms with Crippen LogP contribution in [0.3, 0.4) is 0 Å². The van der Waals surface area contributed by atoms with Gasteiger partial charge in [0.2, 0.25) is 5.91 Å². The average molecular weight is 404 g/mol. The Morgan fingerprint density at radius 1 is 1.18 bits per heavy atom. The lowest BCUT2D eigenvalue weighted by Crippen LogP contribution is -2.43. The van der Waals surface area contributed by atoms with E-state index in [-0.39, 0.29) is 5.82 Å². The topological polar surface area (TPSA) is 78.5 Å². The van der Waals surface area contributed by atoms with Crippen molar-refractivity contribution < 1.29 is 18.8 Å². The van der Waals surface area contributed by atoms with Crippen molar-refractivity contribution in [2.75, 3.05) is 13.1 Å². The summed E-state index contributed by atoms with van der Waals surface area (Å²) in [5.74, 6) is -1.33. The van der Waals surface area contributed by atoms with Crippen molar-refractivity contribution in [3.05, 3.63) is 70.5 Å². The van der Waals surface area contributed by atoms with Gasteiger partial charge in [-0.15, -0.1) is 0 Å². The third kappa shape index (κ3) is 3.99. The molecule has 6 nitrogen and oxygen atoms in total. The summed E-state index contributed by atoms with van der Waals surface area (Å²) < 4.78 is 12.9. The molecular weight excluding hydrogens is 385 g/mol. The summed E-state index contributed by atoms with van der Waals surface area (Å²) in [5, 5.41) is 5.63. The van der Waals surface area contributed by atoms with Gasteiger partial charge in [-0.05, 0) is 37.1 Å². The maximum absolute atomic E-state index is 12.9. The Morgan fingerprint density at radius 3 is 2.54 bits per heavy atom. The molecule has 1 aliphatic heterocycles. The van der Waals surface area contributed by atoms with E-state index in [1.165, 1.54) is 12.1 Å². The van der Waals surface area contributed by atoms with Crippen LogP contribution in [0.2, 0.25) is 5.02 Å². The second kappa shape index (κ2) is 7.98. The number of amides is 4. The van der Waals surface area contributed by atoms with Crippen LogP contribution in [0.25, 0.3) is 0 Å². The molecule has 3 rings (SSSR count). The smallest absolute Gasteiger partial charge is 0.325 e. The molecule has 1 aliphatic rings. The minimum atomic E-state index is -1.33. The second-order valence-electron chi connectivity index (χ2n) is 6.65. The predicted octanol–water partition coefficient (Wildman–Crippen LogP) is 2.61. The lowest BCUT2D eigenvalue weighted by Gasteiger charge is -2.23. The maximum Gasteiger partial charge on any atom is 0.325 e. The lowest BCUT2D eigenvalue weighted by molar-refractivity contribution is -0.134. The van der Waals surface area contributed by atoms with Crippen LogP contribution >= 0.6 is 11.6 Å². The largest absolute Gasteiger partial charge is 0.354 e. The number of carbonyl (C=O) groups excluding carboxylic acids is 3. The number of urea groups is 1. The third-order valence-corrected chi connectivity index (χ3v) is 4.97. The number of carbonyl (C=O) groups is 3. The van der Waals surface area contributed by atoms with E-state index >= 15 is 0 Å². The summed E-state index contributed by atoms with van der Waals surface area (Å²) in [6, 6.07) is 12.0. The van der Waals surface area contributed by atoms with Gasteiger partial charge in [-0.25, -0.2) is 9.18 Å². The molecule has 8 heteroatoms. The molecule has 0 unspecified atom stereocenters. The Kier molecular flexibility index (Phi) is 5.65. The van der Waals surface area contributed by atoms with Crippen LogP contribution in [0.1, 0.15) is 18.1 Å². The number of hydrogen-bond donors (Lipinski definition) is 2. The number of rotatable bonds is 6. The van der Waals surface area contributed by atoms with Crippen molar-refractivity contribution in [2.24, 2.45) is 0 Å². The minimum absolute atomic E-state index is 0.301. The number of hydrogen-bond acceptors (Lipinski definition) is 3. The first-order valence-corrected chi connectivity index (χ1v) is 9.09. The summed E-state index contributed by atoms with van der Waals surface area (Å²) in [7, 11) is 0. The van der Waals surface area contributed by atoms with Crippen molar-refractivity contribution in [1.29, 1.82) is 0 Å². The molecule has 1 heterocycles. The normalized spacial score (nSPS) is 18.9. The Labute approximate surface area is 166 Å². The standard InChI is InChI=1S/C20H19ClFN3O3/c1-20(15-4-2-3-5-16(15)21)18(27)25(19(28)24-20)12-17(26)23-11-10-13-6-8-14(22)9-7-13/h2-9H,10-12H2,1H3,(H,23,26)(H,24,28)/t20-/m1/s1. The highest BCUT2D eigenvalue weighted by Gasteiger charge is 2.50.